The third-order valence-corrected chi connectivity index (χ3v) is 15.6. The summed E-state index contributed by atoms with van der Waals surface area (Å²) in [5.74, 6) is 0.350. The van der Waals surface area contributed by atoms with Gasteiger partial charge in [-0.3, -0.25) is 0 Å². The number of rotatable bonds is 5. The first-order valence-corrected chi connectivity index (χ1v) is 17.5. The minimum absolute atomic E-state index is 0.00292. The van der Waals surface area contributed by atoms with Crippen LogP contribution < -0.4 is 0 Å². The van der Waals surface area contributed by atoms with Gasteiger partial charge in [-0.1, -0.05) is 59.3 Å². The van der Waals surface area contributed by atoms with Gasteiger partial charge in [0.2, 0.25) is 0 Å². The van der Waals surface area contributed by atoms with Gasteiger partial charge < -0.3 is 25.5 Å². The summed E-state index contributed by atoms with van der Waals surface area (Å²) in [4.78, 5) is 12.8. The van der Waals surface area contributed by atoms with Gasteiger partial charge in [-0.15, -0.1) is 0 Å². The molecule has 1 aromatic carbocycles. The number of fused-ring (bicyclic) bond motifs is 7. The quantitative estimate of drug-likeness (QED) is 0.130. The van der Waals surface area contributed by atoms with Crippen LogP contribution in [0.3, 0.4) is 0 Å². The van der Waals surface area contributed by atoms with E-state index in [0.717, 1.165) is 44.9 Å². The van der Waals surface area contributed by atoms with Crippen molar-refractivity contribution in [1.29, 1.82) is 0 Å². The Hall–Kier alpha value is -2.31. The Morgan fingerprint density at radius 2 is 1.62 bits per heavy atom. The fraction of sp³-hybridized carbons (Fsp3) is 0.718. The molecule has 0 radical (unpaired) electrons. The van der Waals surface area contributed by atoms with Crippen LogP contribution >= 0.6 is 0 Å². The van der Waals surface area contributed by atoms with Crippen LogP contribution in [-0.4, -0.2) is 44.7 Å². The number of phenols is 2. The Morgan fingerprint density at radius 3 is 2.27 bits per heavy atom. The number of aliphatic hydroxyl groups excluding tert-OH is 2. The van der Waals surface area contributed by atoms with Crippen molar-refractivity contribution in [3.05, 3.63) is 41.0 Å². The van der Waals surface area contributed by atoms with E-state index in [-0.39, 0.29) is 63.8 Å². The molecular weight excluding hydrogens is 564 g/mol. The number of carboxylic acid groups (broad SMARTS) is 1. The first-order valence-electron chi connectivity index (χ1n) is 17.5. The van der Waals surface area contributed by atoms with Crippen molar-refractivity contribution in [3.8, 4) is 11.5 Å². The molecule has 0 spiro atoms. The van der Waals surface area contributed by atoms with Crippen molar-refractivity contribution in [2.75, 3.05) is 13.2 Å². The van der Waals surface area contributed by atoms with Crippen LogP contribution in [0.1, 0.15) is 105 Å². The van der Waals surface area contributed by atoms with E-state index < -0.39 is 11.4 Å². The lowest BCUT2D eigenvalue weighted by molar-refractivity contribution is -0.202. The summed E-state index contributed by atoms with van der Waals surface area (Å²) >= 11 is 0. The molecule has 5 aliphatic rings. The standard InChI is InChI=1S/C39H56O6/c1-23-11-16-39(22-41)18-17-37(5)28(33(39)24(23)2)8-10-32-35(3)14-12-27(36(4,21-40)31(35)13-15-38(32,37)6)26(34(44)45)19-25-7-9-29(42)30(43)20-25/h7-9,19-20,23-24,27,31-33,40-43H,10-18,21-22H2,1-6H3,(H,44,45)/t23-,24+,27-,31?,32-,33+,35+,36?,37-,38-,39-/m1/s1. The van der Waals surface area contributed by atoms with Crippen LogP contribution in [-0.2, 0) is 4.79 Å². The fourth-order valence-corrected chi connectivity index (χ4v) is 12.6. The number of benzene rings is 1. The van der Waals surface area contributed by atoms with Crippen molar-refractivity contribution in [2.45, 2.75) is 99.3 Å². The Balaban J connectivity index is 1.39. The topological polar surface area (TPSA) is 118 Å². The molecule has 0 aromatic heterocycles. The summed E-state index contributed by atoms with van der Waals surface area (Å²) in [7, 11) is 0. The van der Waals surface area contributed by atoms with Gasteiger partial charge in [-0.05, 0) is 133 Å². The minimum Gasteiger partial charge on any atom is -0.504 e. The van der Waals surface area contributed by atoms with E-state index in [4.69, 9.17) is 0 Å². The van der Waals surface area contributed by atoms with Crippen LogP contribution in [0, 0.1) is 62.6 Å². The SMILES string of the molecule is C[C@H]1[C@H](C)CC[C@]2(CO)CC[C@]3(C)C(=CC[C@@H]4[C@@]5(C)CC[C@H](C(=Cc6ccc(O)c(O)c6)C(=O)O)C(C)(CO)C5CC[C@]43C)[C@H]12. The number of aliphatic carboxylic acids is 1. The number of aromatic hydroxyl groups is 2. The van der Waals surface area contributed by atoms with Gasteiger partial charge in [-0.25, -0.2) is 4.79 Å². The summed E-state index contributed by atoms with van der Waals surface area (Å²) in [5, 5.41) is 52.3. The third-order valence-electron chi connectivity index (χ3n) is 15.6. The van der Waals surface area contributed by atoms with Gasteiger partial charge in [0.1, 0.15) is 0 Å². The first kappa shape index (κ1) is 32.6. The highest BCUT2D eigenvalue weighted by Crippen LogP contribution is 2.76. The molecule has 6 heteroatoms. The summed E-state index contributed by atoms with van der Waals surface area (Å²) in [5.41, 5.74) is 1.88. The van der Waals surface area contributed by atoms with Gasteiger partial charge in [-0.2, -0.15) is 0 Å². The van der Waals surface area contributed by atoms with Crippen LogP contribution in [0.5, 0.6) is 11.5 Å². The zero-order chi connectivity index (χ0) is 32.7. The van der Waals surface area contributed by atoms with Crippen LogP contribution in [0.15, 0.2) is 35.4 Å². The van der Waals surface area contributed by atoms with Crippen molar-refractivity contribution >= 4 is 12.0 Å². The molecule has 45 heavy (non-hydrogen) atoms. The second-order valence-corrected chi connectivity index (χ2v) is 17.1. The number of hydrogen-bond donors (Lipinski definition) is 5. The number of allylic oxidation sites excluding steroid dienone is 2. The van der Waals surface area contributed by atoms with Crippen LogP contribution in [0.2, 0.25) is 0 Å². The van der Waals surface area contributed by atoms with Crippen LogP contribution in [0.4, 0.5) is 0 Å². The van der Waals surface area contributed by atoms with E-state index in [1.807, 2.05) is 0 Å². The number of aliphatic hydroxyl groups is 2. The van der Waals surface area contributed by atoms with Gasteiger partial charge in [0.05, 0.1) is 0 Å². The maximum absolute atomic E-state index is 12.8. The van der Waals surface area contributed by atoms with Gasteiger partial charge in [0, 0.05) is 29.6 Å². The molecule has 5 aliphatic carbocycles. The molecule has 1 aromatic rings. The van der Waals surface area contributed by atoms with E-state index in [1.54, 1.807) is 17.7 Å². The average molecular weight is 621 g/mol. The Labute approximate surface area is 269 Å². The monoisotopic (exact) mass is 620 g/mol. The summed E-state index contributed by atoms with van der Waals surface area (Å²) in [6, 6.07) is 4.38. The lowest BCUT2D eigenvalue weighted by atomic mass is 9.32. The summed E-state index contributed by atoms with van der Waals surface area (Å²) in [6.07, 6.45) is 13.3. The summed E-state index contributed by atoms with van der Waals surface area (Å²) in [6.45, 7) is 14.7. The maximum Gasteiger partial charge on any atom is 0.331 e. The lowest BCUT2D eigenvalue weighted by Crippen LogP contribution is -2.65. The van der Waals surface area contributed by atoms with Gasteiger partial charge in [0.15, 0.2) is 11.5 Å². The van der Waals surface area contributed by atoms with E-state index in [0.29, 0.717) is 35.7 Å². The second kappa shape index (κ2) is 10.9. The fourth-order valence-electron chi connectivity index (χ4n) is 12.6. The molecule has 0 amide bonds. The average Bonchev–Trinajstić information content (AvgIpc) is 3.00. The second-order valence-electron chi connectivity index (χ2n) is 17.1. The van der Waals surface area contributed by atoms with E-state index in [2.05, 4.69) is 47.6 Å². The van der Waals surface area contributed by atoms with Crippen molar-refractivity contribution in [2.24, 2.45) is 62.6 Å². The molecule has 0 saturated heterocycles. The van der Waals surface area contributed by atoms with Crippen molar-refractivity contribution in [3.63, 3.8) is 0 Å². The highest BCUT2D eigenvalue weighted by Gasteiger charge is 2.69. The number of carboxylic acids is 1. The number of carbonyl (C=O) groups is 1. The minimum atomic E-state index is -1.00. The number of phenolic OH excluding ortho intramolecular Hbond substituents is 2. The summed E-state index contributed by atoms with van der Waals surface area (Å²) < 4.78 is 0. The van der Waals surface area contributed by atoms with E-state index in [1.165, 1.54) is 18.6 Å². The van der Waals surface area contributed by atoms with E-state index in [9.17, 15) is 30.3 Å². The van der Waals surface area contributed by atoms with Gasteiger partial charge in [0.25, 0.3) is 0 Å². The molecule has 248 valence electrons. The largest absolute Gasteiger partial charge is 0.504 e. The number of hydrogen-bond acceptors (Lipinski definition) is 5. The molecule has 5 N–H and O–H groups in total. The van der Waals surface area contributed by atoms with Gasteiger partial charge >= 0.3 is 5.97 Å². The predicted octanol–water partition coefficient (Wildman–Crippen LogP) is 7.80. The molecule has 0 aliphatic heterocycles. The smallest absolute Gasteiger partial charge is 0.331 e. The molecule has 6 nitrogen and oxygen atoms in total. The van der Waals surface area contributed by atoms with E-state index >= 15 is 0 Å². The molecule has 2 unspecified atom stereocenters. The molecule has 11 atom stereocenters. The lowest BCUT2D eigenvalue weighted by Gasteiger charge is -2.72. The predicted molar refractivity (Wildman–Crippen MR) is 176 cm³/mol. The molecule has 4 fully saturated rings. The zero-order valence-corrected chi connectivity index (χ0v) is 28.3. The highest BCUT2D eigenvalue weighted by atomic mass is 16.4. The molecule has 6 rings (SSSR count). The normalized spacial score (nSPS) is 46.2. The van der Waals surface area contributed by atoms with Crippen LogP contribution in [0.25, 0.3) is 6.08 Å². The Bertz CT molecular complexity index is 1410. The maximum atomic E-state index is 12.8. The molecular formula is C39H56O6. The van der Waals surface area contributed by atoms with Crippen molar-refractivity contribution in [1.82, 2.24) is 0 Å². The molecule has 0 bridgehead atoms. The Morgan fingerprint density at radius 1 is 0.889 bits per heavy atom. The first-order chi connectivity index (χ1) is 21.1. The molecule has 4 saturated carbocycles. The Kier molecular flexibility index (Phi) is 7.88. The van der Waals surface area contributed by atoms with Crippen molar-refractivity contribution < 1.29 is 30.3 Å². The third kappa shape index (κ3) is 4.43. The zero-order valence-electron chi connectivity index (χ0n) is 28.3. The molecule has 0 heterocycles. The highest BCUT2D eigenvalue weighted by molar-refractivity contribution is 5.93.